The van der Waals surface area contributed by atoms with Crippen molar-refractivity contribution in [3.8, 4) is 0 Å². The molecule has 1 amide bonds. The summed E-state index contributed by atoms with van der Waals surface area (Å²) >= 11 is 0. The molecule has 1 heterocycles. The zero-order valence-electron chi connectivity index (χ0n) is 14.5. The summed E-state index contributed by atoms with van der Waals surface area (Å²) in [5.41, 5.74) is 3.05. The minimum atomic E-state index is -0.468. The quantitative estimate of drug-likeness (QED) is 0.761. The van der Waals surface area contributed by atoms with Crippen LogP contribution in [0.4, 0.5) is 0 Å². The highest BCUT2D eigenvalue weighted by Gasteiger charge is 2.26. The number of nitrogens with zero attached hydrogens (tertiary/aromatic N) is 2. The Kier molecular flexibility index (Phi) is 5.73. The van der Waals surface area contributed by atoms with Crippen molar-refractivity contribution in [2.75, 3.05) is 13.7 Å². The first-order chi connectivity index (χ1) is 11.5. The highest BCUT2D eigenvalue weighted by Crippen LogP contribution is 2.19. The average molecular weight is 330 g/mol. The van der Waals surface area contributed by atoms with Crippen LogP contribution in [0.5, 0.6) is 0 Å². The SMILES string of the molecule is CCc1noc(C)c1C(=O)N(CC(=O)OC)Cc1ccccc1C. The molecule has 6 nitrogen and oxygen atoms in total. The van der Waals surface area contributed by atoms with E-state index >= 15 is 0 Å². The minimum Gasteiger partial charge on any atom is -0.468 e. The molecular formula is C18H22N2O4. The van der Waals surface area contributed by atoms with Crippen molar-refractivity contribution >= 4 is 11.9 Å². The number of aromatic nitrogens is 1. The fourth-order valence-corrected chi connectivity index (χ4v) is 2.50. The third-order valence-electron chi connectivity index (χ3n) is 3.94. The first-order valence-electron chi connectivity index (χ1n) is 7.83. The average Bonchev–Trinajstić information content (AvgIpc) is 2.96. The number of esters is 1. The summed E-state index contributed by atoms with van der Waals surface area (Å²) in [7, 11) is 1.31. The molecule has 1 aromatic carbocycles. The number of benzene rings is 1. The van der Waals surface area contributed by atoms with Gasteiger partial charge in [-0.3, -0.25) is 9.59 Å². The highest BCUT2D eigenvalue weighted by molar-refractivity contribution is 5.97. The van der Waals surface area contributed by atoms with Crippen molar-refractivity contribution in [1.82, 2.24) is 10.1 Å². The second-order valence-electron chi connectivity index (χ2n) is 5.58. The van der Waals surface area contributed by atoms with Crippen molar-refractivity contribution < 1.29 is 18.8 Å². The number of aryl methyl sites for hydroxylation is 3. The van der Waals surface area contributed by atoms with Crippen LogP contribution in [-0.2, 0) is 22.5 Å². The van der Waals surface area contributed by atoms with Gasteiger partial charge in [0.25, 0.3) is 5.91 Å². The van der Waals surface area contributed by atoms with Gasteiger partial charge in [-0.05, 0) is 31.4 Å². The molecule has 0 fully saturated rings. The smallest absolute Gasteiger partial charge is 0.325 e. The van der Waals surface area contributed by atoms with E-state index in [9.17, 15) is 9.59 Å². The Hall–Kier alpha value is -2.63. The van der Waals surface area contributed by atoms with Crippen LogP contribution in [0.1, 0.15) is 39.9 Å². The molecule has 2 rings (SSSR count). The molecule has 24 heavy (non-hydrogen) atoms. The van der Waals surface area contributed by atoms with Gasteiger partial charge in [-0.15, -0.1) is 0 Å². The third kappa shape index (κ3) is 3.82. The third-order valence-corrected chi connectivity index (χ3v) is 3.94. The zero-order valence-corrected chi connectivity index (χ0v) is 14.5. The molecule has 0 spiro atoms. The summed E-state index contributed by atoms with van der Waals surface area (Å²) < 4.78 is 9.88. The molecule has 0 radical (unpaired) electrons. The fourth-order valence-electron chi connectivity index (χ4n) is 2.50. The number of carbonyl (C=O) groups is 2. The minimum absolute atomic E-state index is 0.128. The van der Waals surface area contributed by atoms with Gasteiger partial charge in [0.2, 0.25) is 0 Å². The number of hydrogen-bond donors (Lipinski definition) is 0. The number of amides is 1. The summed E-state index contributed by atoms with van der Waals surface area (Å²) in [6, 6.07) is 7.75. The standard InChI is InChI=1S/C18H22N2O4/c1-5-15-17(13(3)24-19-15)18(22)20(11-16(21)23-4)10-14-9-7-6-8-12(14)2/h6-9H,5,10-11H2,1-4H3. The van der Waals surface area contributed by atoms with Crippen LogP contribution >= 0.6 is 0 Å². The van der Waals surface area contributed by atoms with E-state index in [1.54, 1.807) is 6.92 Å². The van der Waals surface area contributed by atoms with Crippen molar-refractivity contribution in [2.24, 2.45) is 0 Å². The Morgan fingerprint density at radius 1 is 1.25 bits per heavy atom. The lowest BCUT2D eigenvalue weighted by atomic mass is 10.1. The van der Waals surface area contributed by atoms with E-state index in [0.717, 1.165) is 11.1 Å². The van der Waals surface area contributed by atoms with Gasteiger partial charge in [0.15, 0.2) is 0 Å². The number of methoxy groups -OCH3 is 1. The van der Waals surface area contributed by atoms with E-state index < -0.39 is 5.97 Å². The van der Waals surface area contributed by atoms with E-state index in [0.29, 0.717) is 30.0 Å². The molecule has 1 aromatic heterocycles. The lowest BCUT2D eigenvalue weighted by molar-refractivity contribution is -0.141. The van der Waals surface area contributed by atoms with Gasteiger partial charge in [-0.1, -0.05) is 36.3 Å². The summed E-state index contributed by atoms with van der Waals surface area (Å²) in [6.45, 7) is 5.76. The Bertz CT molecular complexity index is 736. The second kappa shape index (κ2) is 7.77. The predicted octanol–water partition coefficient (Wildman–Crippen LogP) is 2.67. The summed E-state index contributed by atoms with van der Waals surface area (Å²) in [5, 5.41) is 3.92. The predicted molar refractivity (Wildman–Crippen MR) is 88.6 cm³/mol. The lowest BCUT2D eigenvalue weighted by Gasteiger charge is -2.22. The van der Waals surface area contributed by atoms with Gasteiger partial charge in [0.1, 0.15) is 17.9 Å². The summed E-state index contributed by atoms with van der Waals surface area (Å²) in [4.78, 5) is 26.2. The van der Waals surface area contributed by atoms with Gasteiger partial charge in [-0.2, -0.15) is 0 Å². The van der Waals surface area contributed by atoms with E-state index in [4.69, 9.17) is 9.26 Å². The van der Waals surface area contributed by atoms with Crippen molar-refractivity contribution in [3.05, 3.63) is 52.4 Å². The maximum Gasteiger partial charge on any atom is 0.325 e. The molecule has 0 aliphatic carbocycles. The number of hydrogen-bond acceptors (Lipinski definition) is 5. The molecule has 0 unspecified atom stereocenters. The van der Waals surface area contributed by atoms with Crippen LogP contribution < -0.4 is 0 Å². The van der Waals surface area contributed by atoms with Gasteiger partial charge < -0.3 is 14.2 Å². The molecule has 0 aliphatic rings. The zero-order chi connectivity index (χ0) is 17.7. The summed E-state index contributed by atoms with van der Waals surface area (Å²) in [5.74, 6) is -0.292. The maximum absolute atomic E-state index is 13.0. The molecular weight excluding hydrogens is 308 g/mol. The Labute approximate surface area is 141 Å². The molecule has 0 saturated heterocycles. The number of carbonyl (C=O) groups excluding carboxylic acids is 2. The Morgan fingerprint density at radius 3 is 2.58 bits per heavy atom. The molecule has 0 atom stereocenters. The van der Waals surface area contributed by atoms with Crippen molar-refractivity contribution in [1.29, 1.82) is 0 Å². The number of rotatable bonds is 6. The molecule has 0 aliphatic heterocycles. The largest absolute Gasteiger partial charge is 0.468 e. The Balaban J connectivity index is 2.35. The van der Waals surface area contributed by atoms with Gasteiger partial charge in [0, 0.05) is 6.54 Å². The van der Waals surface area contributed by atoms with Crippen molar-refractivity contribution in [3.63, 3.8) is 0 Å². The molecule has 0 saturated carbocycles. The summed E-state index contributed by atoms with van der Waals surface area (Å²) in [6.07, 6.45) is 0.578. The molecule has 0 bridgehead atoms. The first kappa shape index (κ1) is 17.7. The van der Waals surface area contributed by atoms with Gasteiger partial charge >= 0.3 is 5.97 Å². The molecule has 0 N–H and O–H groups in total. The molecule has 2 aromatic rings. The van der Waals surface area contributed by atoms with Crippen LogP contribution in [-0.4, -0.2) is 35.6 Å². The molecule has 128 valence electrons. The first-order valence-corrected chi connectivity index (χ1v) is 7.83. The van der Waals surface area contributed by atoms with Crippen LogP contribution in [0.25, 0.3) is 0 Å². The van der Waals surface area contributed by atoms with Crippen LogP contribution in [0.2, 0.25) is 0 Å². The highest BCUT2D eigenvalue weighted by atomic mass is 16.5. The van der Waals surface area contributed by atoms with Gasteiger partial charge in [-0.25, -0.2) is 0 Å². The monoisotopic (exact) mass is 330 g/mol. The maximum atomic E-state index is 13.0. The van der Waals surface area contributed by atoms with E-state index in [-0.39, 0.29) is 12.5 Å². The van der Waals surface area contributed by atoms with Crippen molar-refractivity contribution in [2.45, 2.75) is 33.7 Å². The van der Waals surface area contributed by atoms with E-state index in [2.05, 4.69) is 5.16 Å². The number of ether oxygens (including phenoxy) is 1. The van der Waals surface area contributed by atoms with E-state index in [1.165, 1.54) is 12.0 Å². The fraction of sp³-hybridized carbons (Fsp3) is 0.389. The van der Waals surface area contributed by atoms with E-state index in [1.807, 2.05) is 38.1 Å². The van der Waals surface area contributed by atoms with Crippen LogP contribution in [0.15, 0.2) is 28.8 Å². The van der Waals surface area contributed by atoms with Gasteiger partial charge in [0.05, 0.1) is 12.8 Å². The molecule has 6 heteroatoms. The second-order valence-corrected chi connectivity index (χ2v) is 5.58. The van der Waals surface area contributed by atoms with Crippen LogP contribution in [0.3, 0.4) is 0 Å². The lowest BCUT2D eigenvalue weighted by Crippen LogP contribution is -2.36. The normalized spacial score (nSPS) is 10.5. The topological polar surface area (TPSA) is 72.6 Å². The van der Waals surface area contributed by atoms with Crippen LogP contribution in [0, 0.1) is 13.8 Å². The Morgan fingerprint density at radius 2 is 1.96 bits per heavy atom.